The van der Waals surface area contributed by atoms with E-state index in [2.05, 4.69) is 9.97 Å². The molecule has 3 aromatic rings. The highest BCUT2D eigenvalue weighted by molar-refractivity contribution is 5.81. The third-order valence-electron chi connectivity index (χ3n) is 5.87. The van der Waals surface area contributed by atoms with E-state index in [1.165, 1.54) is 0 Å². The van der Waals surface area contributed by atoms with Crippen LogP contribution in [-0.2, 0) is 19.9 Å². The summed E-state index contributed by atoms with van der Waals surface area (Å²) in [5, 5.41) is 10.4. The fourth-order valence-corrected chi connectivity index (χ4v) is 3.60. The van der Waals surface area contributed by atoms with E-state index in [4.69, 9.17) is 9.47 Å². The lowest BCUT2D eigenvalue weighted by Crippen LogP contribution is -2.53. The monoisotopic (exact) mass is 462 g/mol. The second-order valence-electron chi connectivity index (χ2n) is 8.86. The van der Waals surface area contributed by atoms with Crippen LogP contribution in [-0.4, -0.2) is 33.1 Å². The molecule has 0 aliphatic rings. The number of carboxylic acid groups (broad SMARTS) is 1. The van der Waals surface area contributed by atoms with Crippen LogP contribution in [0.2, 0.25) is 0 Å². The van der Waals surface area contributed by atoms with Gasteiger partial charge in [-0.2, -0.15) is 0 Å². The molecular weight excluding hydrogens is 432 g/mol. The van der Waals surface area contributed by atoms with E-state index in [1.807, 2.05) is 6.92 Å². The predicted octanol–water partition coefficient (Wildman–Crippen LogP) is 4.85. The van der Waals surface area contributed by atoms with E-state index < -0.39 is 29.1 Å². The number of hydrogen-bond acceptors (Lipinski definition) is 6. The molecule has 0 saturated heterocycles. The maximum Gasteiger partial charge on any atom is 0.350 e. The number of esters is 1. The quantitative estimate of drug-likeness (QED) is 0.454. The van der Waals surface area contributed by atoms with Gasteiger partial charge in [-0.25, -0.2) is 14.8 Å². The van der Waals surface area contributed by atoms with Gasteiger partial charge in [0.15, 0.2) is 0 Å². The van der Waals surface area contributed by atoms with Crippen molar-refractivity contribution in [2.24, 2.45) is 5.41 Å². The van der Waals surface area contributed by atoms with Crippen LogP contribution < -0.4 is 4.74 Å². The summed E-state index contributed by atoms with van der Waals surface area (Å²) in [6.07, 6.45) is -1.17. The van der Waals surface area contributed by atoms with Crippen molar-refractivity contribution in [1.82, 2.24) is 9.97 Å². The van der Waals surface area contributed by atoms with E-state index in [0.29, 0.717) is 28.9 Å². The van der Waals surface area contributed by atoms with Gasteiger partial charge in [0, 0.05) is 22.5 Å². The Hall–Kier alpha value is -3.74. The number of carbonyl (C=O) groups excluding carboxylic acids is 1. The van der Waals surface area contributed by atoms with Crippen molar-refractivity contribution >= 4 is 11.9 Å². The molecule has 0 saturated carbocycles. The van der Waals surface area contributed by atoms with Gasteiger partial charge in [0.25, 0.3) is 0 Å². The Morgan fingerprint density at radius 3 is 1.79 bits per heavy atom. The zero-order valence-electron chi connectivity index (χ0n) is 20.1. The predicted molar refractivity (Wildman–Crippen MR) is 127 cm³/mol. The van der Waals surface area contributed by atoms with Crippen LogP contribution in [0.3, 0.4) is 0 Å². The van der Waals surface area contributed by atoms with Crippen LogP contribution in [0.5, 0.6) is 6.01 Å². The summed E-state index contributed by atoms with van der Waals surface area (Å²) in [5.74, 6) is -1.86. The number of carbonyl (C=O) groups is 2. The van der Waals surface area contributed by atoms with Gasteiger partial charge in [-0.15, -0.1) is 0 Å². The molecule has 1 N–H and O–H groups in total. The summed E-state index contributed by atoms with van der Waals surface area (Å²) in [4.78, 5) is 34.8. The van der Waals surface area contributed by atoms with E-state index in [1.54, 1.807) is 94.4 Å². The summed E-state index contributed by atoms with van der Waals surface area (Å²) >= 11 is 0. The third kappa shape index (κ3) is 5.09. The third-order valence-corrected chi connectivity index (χ3v) is 5.87. The van der Waals surface area contributed by atoms with Crippen LogP contribution in [0.4, 0.5) is 0 Å². The Kier molecular flexibility index (Phi) is 7.35. The van der Waals surface area contributed by atoms with Crippen LogP contribution in [0.25, 0.3) is 0 Å². The molecule has 1 aromatic heterocycles. The zero-order chi connectivity index (χ0) is 24.9. The van der Waals surface area contributed by atoms with Gasteiger partial charge in [0.1, 0.15) is 0 Å². The summed E-state index contributed by atoms with van der Waals surface area (Å²) < 4.78 is 12.2. The smallest absolute Gasteiger partial charge is 0.350 e. The molecule has 0 aliphatic heterocycles. The number of hydrogen-bond donors (Lipinski definition) is 1. The van der Waals surface area contributed by atoms with Crippen LogP contribution in [0, 0.1) is 19.3 Å². The van der Waals surface area contributed by atoms with Crippen molar-refractivity contribution < 1.29 is 24.2 Å². The van der Waals surface area contributed by atoms with Crippen molar-refractivity contribution in [1.29, 1.82) is 0 Å². The molecule has 7 nitrogen and oxygen atoms in total. The first-order valence-electron chi connectivity index (χ1n) is 11.2. The van der Waals surface area contributed by atoms with Crippen molar-refractivity contribution in [2.75, 3.05) is 0 Å². The maximum absolute atomic E-state index is 13.4. The first-order valence-corrected chi connectivity index (χ1v) is 11.2. The van der Waals surface area contributed by atoms with E-state index >= 15 is 0 Å². The molecule has 0 amide bonds. The average molecular weight is 463 g/mol. The van der Waals surface area contributed by atoms with Gasteiger partial charge >= 0.3 is 17.9 Å². The van der Waals surface area contributed by atoms with Gasteiger partial charge in [0.05, 0.1) is 5.41 Å². The van der Waals surface area contributed by atoms with Gasteiger partial charge in [-0.05, 0) is 40.2 Å². The lowest BCUT2D eigenvalue weighted by Gasteiger charge is -2.40. The Morgan fingerprint density at radius 1 is 0.912 bits per heavy atom. The molecule has 0 fully saturated rings. The van der Waals surface area contributed by atoms with Gasteiger partial charge in [-0.3, -0.25) is 4.79 Å². The fourth-order valence-electron chi connectivity index (χ4n) is 3.60. The topological polar surface area (TPSA) is 98.6 Å². The van der Waals surface area contributed by atoms with Crippen molar-refractivity contribution in [2.45, 2.75) is 52.7 Å². The molecule has 1 heterocycles. The first kappa shape index (κ1) is 24.9. The van der Waals surface area contributed by atoms with E-state index in [0.717, 1.165) is 0 Å². The Labute approximate surface area is 199 Å². The molecule has 34 heavy (non-hydrogen) atoms. The number of aromatic nitrogens is 2. The second-order valence-corrected chi connectivity index (χ2v) is 8.86. The second kappa shape index (κ2) is 10.0. The highest BCUT2D eigenvalue weighted by Crippen LogP contribution is 2.41. The number of aliphatic carboxylic acids is 1. The van der Waals surface area contributed by atoms with Crippen LogP contribution >= 0.6 is 0 Å². The molecule has 1 unspecified atom stereocenters. The minimum Gasteiger partial charge on any atom is -0.478 e. The normalized spacial score (nSPS) is 12.6. The molecular formula is C27H30N2O5. The zero-order valence-corrected chi connectivity index (χ0v) is 20.1. The van der Waals surface area contributed by atoms with E-state index in [-0.39, 0.29) is 6.01 Å². The molecule has 0 radical (unpaired) electrons. The number of aryl methyl sites for hydroxylation is 2. The average Bonchev–Trinajstić information content (AvgIpc) is 2.81. The maximum atomic E-state index is 13.4. The lowest BCUT2D eigenvalue weighted by molar-refractivity contribution is -0.184. The number of ether oxygens (including phenoxy) is 2. The molecule has 2 aromatic carbocycles. The highest BCUT2D eigenvalue weighted by atomic mass is 16.6. The van der Waals surface area contributed by atoms with Gasteiger partial charge in [-0.1, -0.05) is 67.6 Å². The van der Waals surface area contributed by atoms with Crippen LogP contribution in [0.15, 0.2) is 66.7 Å². The Bertz CT molecular complexity index is 1090. The summed E-state index contributed by atoms with van der Waals surface area (Å²) in [6.45, 7) is 8.94. The van der Waals surface area contributed by atoms with E-state index in [9.17, 15) is 14.7 Å². The number of nitrogens with zero attached hydrogens (tertiary/aromatic N) is 2. The highest BCUT2D eigenvalue weighted by Gasteiger charge is 2.53. The minimum atomic E-state index is -1.81. The van der Waals surface area contributed by atoms with Crippen molar-refractivity contribution in [3.63, 3.8) is 0 Å². The fraction of sp³-hybridized carbons (Fsp3) is 0.333. The molecule has 7 heteroatoms. The Balaban J connectivity index is 2.30. The first-order chi connectivity index (χ1) is 16.1. The van der Waals surface area contributed by atoms with Crippen molar-refractivity contribution in [3.05, 3.63) is 89.2 Å². The minimum absolute atomic E-state index is 0.105. The molecule has 3 rings (SSSR count). The largest absolute Gasteiger partial charge is 0.478 e. The summed E-state index contributed by atoms with van der Waals surface area (Å²) in [5.41, 5.74) is -0.495. The number of benzene rings is 2. The summed E-state index contributed by atoms with van der Waals surface area (Å²) in [7, 11) is 0. The number of carboxylic acids is 1. The molecule has 0 bridgehead atoms. The SMILES string of the molecule is CCC(C)(C)C(=O)OC(c1ccccc1)(c1ccccc1)C(Oc1nc(C)cc(C)n1)C(=O)O. The molecule has 0 aliphatic carbocycles. The van der Waals surface area contributed by atoms with Gasteiger partial charge in [0.2, 0.25) is 11.7 Å². The molecule has 1 atom stereocenters. The Morgan fingerprint density at radius 2 is 1.38 bits per heavy atom. The van der Waals surface area contributed by atoms with Crippen LogP contribution in [0.1, 0.15) is 49.7 Å². The number of rotatable bonds is 9. The molecule has 178 valence electrons. The summed E-state index contributed by atoms with van der Waals surface area (Å²) in [6, 6.07) is 19.2. The van der Waals surface area contributed by atoms with Gasteiger partial charge < -0.3 is 14.6 Å². The molecule has 0 spiro atoms. The standard InChI is InChI=1S/C27H30N2O5/c1-6-26(4,5)24(32)34-27(20-13-9-7-10-14-20,21-15-11-8-12-16-21)22(23(30)31)33-25-28-18(2)17-19(3)29-25/h7-17,22H,6H2,1-5H3,(H,30,31). The van der Waals surface area contributed by atoms with Crippen molar-refractivity contribution in [3.8, 4) is 6.01 Å². The lowest BCUT2D eigenvalue weighted by atomic mass is 9.80.